The summed E-state index contributed by atoms with van der Waals surface area (Å²) in [5.41, 5.74) is 10.0. The van der Waals surface area contributed by atoms with Crippen LogP contribution in [0.2, 0.25) is 0 Å². The molecule has 3 aromatic rings. The van der Waals surface area contributed by atoms with Gasteiger partial charge in [-0.2, -0.15) is 0 Å². The van der Waals surface area contributed by atoms with E-state index in [2.05, 4.69) is 55.2 Å². The maximum atomic E-state index is 12.0. The van der Waals surface area contributed by atoms with Crippen molar-refractivity contribution in [1.29, 1.82) is 0 Å². The van der Waals surface area contributed by atoms with Crippen LogP contribution in [0.25, 0.3) is 12.7 Å². The van der Waals surface area contributed by atoms with E-state index in [1.165, 1.54) is 16.9 Å². The molecule has 0 bridgehead atoms. The van der Waals surface area contributed by atoms with Crippen LogP contribution >= 0.6 is 27.3 Å². The van der Waals surface area contributed by atoms with Crippen molar-refractivity contribution >= 4 is 45.8 Å². The summed E-state index contributed by atoms with van der Waals surface area (Å²) in [7, 11) is 0. The lowest BCUT2D eigenvalue weighted by atomic mass is 9.87. The molecule has 220 valence electrons. The van der Waals surface area contributed by atoms with E-state index in [-0.39, 0.29) is 11.5 Å². The summed E-state index contributed by atoms with van der Waals surface area (Å²) in [4.78, 5) is 25.6. The summed E-state index contributed by atoms with van der Waals surface area (Å²) in [5, 5.41) is 0. The molecule has 4 rings (SSSR count). The van der Waals surface area contributed by atoms with Gasteiger partial charge in [-0.1, -0.05) is 25.5 Å². The Morgan fingerprint density at radius 2 is 1.93 bits per heavy atom. The largest absolute Gasteiger partial charge is 0.493 e. The first-order valence-electron chi connectivity index (χ1n) is 14.0. The van der Waals surface area contributed by atoms with E-state index in [4.69, 9.17) is 19.9 Å². The summed E-state index contributed by atoms with van der Waals surface area (Å²) in [6, 6.07) is 5.78. The maximum absolute atomic E-state index is 12.0. The van der Waals surface area contributed by atoms with E-state index in [0.717, 1.165) is 82.5 Å². The molecule has 1 aliphatic heterocycles. The van der Waals surface area contributed by atoms with E-state index in [0.29, 0.717) is 28.8 Å². The maximum Gasteiger partial charge on any atom is 0.266 e. The zero-order valence-corrected chi connectivity index (χ0v) is 26.7. The Kier molecular flexibility index (Phi) is 10.0. The van der Waals surface area contributed by atoms with Gasteiger partial charge in [0.05, 0.1) is 20.3 Å². The Bertz CT molecular complexity index is 1590. The minimum absolute atomic E-state index is 0.132. The van der Waals surface area contributed by atoms with Gasteiger partial charge in [0.1, 0.15) is 29.5 Å². The van der Waals surface area contributed by atoms with Crippen LogP contribution in [0.5, 0.6) is 17.2 Å². The second-order valence-corrected chi connectivity index (χ2v) is 13.0. The molecule has 1 aliphatic rings. The monoisotopic (exact) mass is 642 g/mol. The van der Waals surface area contributed by atoms with Crippen LogP contribution in [-0.2, 0) is 11.2 Å². The first-order valence-corrected chi connectivity index (χ1v) is 15.6. The highest BCUT2D eigenvalue weighted by Gasteiger charge is 2.35. The highest BCUT2D eigenvalue weighted by Crippen LogP contribution is 2.44. The second kappa shape index (κ2) is 13.3. The molecular formula is C32H39BrN2O5S. The van der Waals surface area contributed by atoms with Crippen LogP contribution in [0.15, 0.2) is 27.5 Å². The SMILES string of the molecule is C=c1[nH]c(=O)/c(=C\c2ccc(OC[C@]3(C)CCc4c(C)c(OCCCCCCC(N)=O)c(C)c(C)c4O3)c(Br)c2)s1. The molecule has 1 atom stereocenters. The summed E-state index contributed by atoms with van der Waals surface area (Å²) in [6.45, 7) is 13.2. The number of carbonyl (C=O) groups excluding carboxylic acids is 1. The Labute approximate surface area is 253 Å². The molecule has 3 N–H and O–H groups in total. The van der Waals surface area contributed by atoms with E-state index in [1.54, 1.807) is 0 Å². The number of amides is 1. The fourth-order valence-electron chi connectivity index (χ4n) is 5.12. The molecule has 7 nitrogen and oxygen atoms in total. The average molecular weight is 644 g/mol. The number of primary amides is 1. The number of carbonyl (C=O) groups is 1. The standard InChI is InChI=1S/C32H39BrN2O5S/c1-19-20(2)30-24(21(3)29(19)38-15-9-7-6-8-10-28(34)36)13-14-32(5,40-30)18-39-26-12-11-23(16-25(26)33)17-27-31(37)35-22(4)41-27/h11-12,16-17H,4,6-10,13-15,18H2,1-3,5H3,(H2,34,36)(H,35,37)/b27-17+/t32-/m0/s1. The van der Waals surface area contributed by atoms with Gasteiger partial charge in [-0.25, -0.2) is 0 Å². The van der Waals surface area contributed by atoms with Crippen molar-refractivity contribution in [3.63, 3.8) is 0 Å². The van der Waals surface area contributed by atoms with Crippen LogP contribution in [0.4, 0.5) is 0 Å². The molecule has 0 saturated carbocycles. The third-order valence-corrected chi connectivity index (χ3v) is 9.12. The van der Waals surface area contributed by atoms with Crippen LogP contribution in [0.1, 0.15) is 73.3 Å². The van der Waals surface area contributed by atoms with Crippen molar-refractivity contribution in [2.45, 2.75) is 78.2 Å². The van der Waals surface area contributed by atoms with Crippen molar-refractivity contribution in [1.82, 2.24) is 4.98 Å². The van der Waals surface area contributed by atoms with Gasteiger partial charge in [0, 0.05) is 12.0 Å². The van der Waals surface area contributed by atoms with E-state index >= 15 is 0 Å². The van der Waals surface area contributed by atoms with E-state index < -0.39 is 5.60 Å². The molecule has 2 aromatic carbocycles. The topological polar surface area (TPSA) is 104 Å². The van der Waals surface area contributed by atoms with Gasteiger partial charge in [0.25, 0.3) is 5.56 Å². The molecule has 0 spiro atoms. The molecule has 9 heteroatoms. The number of nitrogens with two attached hydrogens (primary N) is 1. The summed E-state index contributed by atoms with van der Waals surface area (Å²) in [5.74, 6) is 2.38. The highest BCUT2D eigenvalue weighted by molar-refractivity contribution is 9.10. The first kappa shape index (κ1) is 30.9. The normalized spacial score (nSPS) is 16.8. The third-order valence-electron chi connectivity index (χ3n) is 7.62. The third kappa shape index (κ3) is 7.63. The lowest BCUT2D eigenvalue weighted by Crippen LogP contribution is -2.42. The van der Waals surface area contributed by atoms with Gasteiger partial charge in [0.2, 0.25) is 5.91 Å². The van der Waals surface area contributed by atoms with E-state index in [1.807, 2.05) is 24.3 Å². The summed E-state index contributed by atoms with van der Waals surface area (Å²) >= 11 is 4.96. The molecule has 0 aliphatic carbocycles. The number of benzene rings is 2. The number of hydrogen-bond acceptors (Lipinski definition) is 6. The predicted octanol–water partition coefficient (Wildman–Crippen LogP) is 5.34. The number of halogens is 1. The molecular weight excluding hydrogens is 604 g/mol. The van der Waals surface area contributed by atoms with Crippen LogP contribution in [-0.4, -0.2) is 29.7 Å². The zero-order valence-electron chi connectivity index (χ0n) is 24.3. The molecule has 2 heterocycles. The Balaban J connectivity index is 1.40. The number of hydrogen-bond donors (Lipinski definition) is 2. The van der Waals surface area contributed by atoms with Crippen molar-refractivity contribution in [2.75, 3.05) is 13.2 Å². The molecule has 0 fully saturated rings. The number of H-pyrrole nitrogens is 1. The lowest BCUT2D eigenvalue weighted by Gasteiger charge is -2.38. The zero-order chi connectivity index (χ0) is 29.7. The molecule has 1 aromatic heterocycles. The number of aromatic nitrogens is 1. The number of thiazole rings is 1. The van der Waals surface area contributed by atoms with Gasteiger partial charge < -0.3 is 24.9 Å². The van der Waals surface area contributed by atoms with Gasteiger partial charge in [-0.15, -0.1) is 11.3 Å². The van der Waals surface area contributed by atoms with Gasteiger partial charge >= 0.3 is 0 Å². The predicted molar refractivity (Wildman–Crippen MR) is 169 cm³/mol. The number of nitrogens with one attached hydrogen (secondary N) is 1. The number of rotatable bonds is 12. The second-order valence-electron chi connectivity index (χ2n) is 11.0. The molecule has 1 amide bonds. The number of unbranched alkanes of at least 4 members (excludes halogenated alkanes) is 3. The van der Waals surface area contributed by atoms with Crippen molar-refractivity contribution in [2.24, 2.45) is 5.73 Å². The van der Waals surface area contributed by atoms with Crippen molar-refractivity contribution in [3.05, 3.63) is 70.0 Å². The Hall–Kier alpha value is -3.04. The van der Waals surface area contributed by atoms with Gasteiger partial charge in [-0.05, 0) is 110 Å². The number of ether oxygens (including phenoxy) is 3. The van der Waals surface area contributed by atoms with Gasteiger partial charge in [-0.3, -0.25) is 9.59 Å². The summed E-state index contributed by atoms with van der Waals surface area (Å²) < 4.78 is 21.2. The van der Waals surface area contributed by atoms with Crippen LogP contribution in [0.3, 0.4) is 0 Å². The highest BCUT2D eigenvalue weighted by atomic mass is 79.9. The summed E-state index contributed by atoms with van der Waals surface area (Å²) in [6.07, 6.45) is 7.76. The average Bonchev–Trinajstić information content (AvgIpc) is 3.23. The lowest BCUT2D eigenvalue weighted by molar-refractivity contribution is -0.118. The number of fused-ring (bicyclic) bond motifs is 1. The van der Waals surface area contributed by atoms with Gasteiger partial charge in [0.15, 0.2) is 0 Å². The fourth-order valence-corrected chi connectivity index (χ4v) is 6.38. The van der Waals surface area contributed by atoms with E-state index in [9.17, 15) is 9.59 Å². The molecule has 0 radical (unpaired) electrons. The quantitative estimate of drug-likeness (QED) is 0.260. The first-order chi connectivity index (χ1) is 19.5. The van der Waals surface area contributed by atoms with Crippen LogP contribution < -0.4 is 34.7 Å². The molecule has 0 unspecified atom stereocenters. The molecule has 41 heavy (non-hydrogen) atoms. The minimum Gasteiger partial charge on any atom is -0.493 e. The fraction of sp³-hybridized carbons (Fsp3) is 0.438. The number of aromatic amines is 1. The van der Waals surface area contributed by atoms with Crippen molar-refractivity contribution < 1.29 is 19.0 Å². The Morgan fingerprint density at radius 3 is 2.61 bits per heavy atom. The molecule has 0 saturated heterocycles. The van der Waals surface area contributed by atoms with Crippen LogP contribution in [0, 0.1) is 20.8 Å². The van der Waals surface area contributed by atoms with Crippen molar-refractivity contribution in [3.8, 4) is 17.2 Å². The smallest absolute Gasteiger partial charge is 0.266 e. The minimum atomic E-state index is -0.483. The Morgan fingerprint density at radius 1 is 1.17 bits per heavy atom.